The molecule has 1 rings (SSSR count). The third kappa shape index (κ3) is 5.16. The molecule has 0 atom stereocenters. The molecule has 1 aromatic rings. The van der Waals surface area contributed by atoms with Gasteiger partial charge < -0.3 is 10.6 Å². The molecule has 5 nitrogen and oxygen atoms in total. The zero-order chi connectivity index (χ0) is 15.8. The molecule has 2 N–H and O–H groups in total. The first kappa shape index (κ1) is 17.7. The molecule has 0 aliphatic rings. The quantitative estimate of drug-likeness (QED) is 0.733. The lowest BCUT2D eigenvalue weighted by Crippen LogP contribution is -2.40. The maximum absolute atomic E-state index is 4.41. The van der Waals surface area contributed by atoms with Crippen molar-refractivity contribution in [3.05, 3.63) is 11.9 Å². The topological polar surface area (TPSA) is 53.1 Å². The molecule has 0 fully saturated rings. The highest BCUT2D eigenvalue weighted by Crippen LogP contribution is 2.21. The third-order valence-electron chi connectivity index (χ3n) is 3.67. The minimum Gasteiger partial charge on any atom is -0.373 e. The van der Waals surface area contributed by atoms with E-state index in [1.165, 1.54) is 5.56 Å². The molecular weight excluding hydrogens is 262 g/mol. The minimum absolute atomic E-state index is 0.556. The summed E-state index contributed by atoms with van der Waals surface area (Å²) in [6.45, 7) is 13.1. The molecule has 0 saturated carbocycles. The summed E-state index contributed by atoms with van der Waals surface area (Å²) in [5.41, 5.74) is 1.18. The molecule has 0 aliphatic carbocycles. The summed E-state index contributed by atoms with van der Waals surface area (Å²) in [6.07, 6.45) is 3.69. The van der Waals surface area contributed by atoms with Crippen LogP contribution in [0.5, 0.6) is 0 Å². The molecular formula is C16H31N5. The lowest BCUT2D eigenvalue weighted by atomic mass is 10.1. The van der Waals surface area contributed by atoms with Gasteiger partial charge in [0.2, 0.25) is 0 Å². The minimum atomic E-state index is 0.556. The fraction of sp³-hybridized carbons (Fsp3) is 0.750. The van der Waals surface area contributed by atoms with Crippen LogP contribution in [0.25, 0.3) is 0 Å². The highest BCUT2D eigenvalue weighted by molar-refractivity contribution is 5.57. The number of anilines is 2. The Bertz CT molecular complexity index is 409. The van der Waals surface area contributed by atoms with Gasteiger partial charge >= 0.3 is 0 Å². The van der Waals surface area contributed by atoms with Gasteiger partial charge in [0.25, 0.3) is 0 Å². The maximum atomic E-state index is 4.41. The van der Waals surface area contributed by atoms with E-state index in [-0.39, 0.29) is 0 Å². The van der Waals surface area contributed by atoms with Gasteiger partial charge in [-0.2, -0.15) is 0 Å². The maximum Gasteiger partial charge on any atom is 0.134 e. The Hall–Kier alpha value is -1.36. The van der Waals surface area contributed by atoms with Crippen LogP contribution in [0.4, 0.5) is 11.6 Å². The zero-order valence-corrected chi connectivity index (χ0v) is 14.4. The molecule has 1 heterocycles. The first-order chi connectivity index (χ1) is 10.0. The normalized spacial score (nSPS) is 11.5. The largest absolute Gasteiger partial charge is 0.373 e. The highest BCUT2D eigenvalue weighted by atomic mass is 15.2. The van der Waals surface area contributed by atoms with E-state index in [1.54, 1.807) is 6.33 Å². The molecule has 120 valence electrons. The Morgan fingerprint density at radius 3 is 2.24 bits per heavy atom. The van der Waals surface area contributed by atoms with Crippen LogP contribution in [0, 0.1) is 0 Å². The van der Waals surface area contributed by atoms with E-state index in [1.807, 2.05) is 7.05 Å². The van der Waals surface area contributed by atoms with Gasteiger partial charge in [-0.3, -0.25) is 4.90 Å². The zero-order valence-electron chi connectivity index (χ0n) is 14.4. The van der Waals surface area contributed by atoms with Gasteiger partial charge in [-0.05, 0) is 34.1 Å². The van der Waals surface area contributed by atoms with Crippen LogP contribution >= 0.6 is 0 Å². The van der Waals surface area contributed by atoms with Crippen LogP contribution in [-0.4, -0.2) is 47.1 Å². The second-order valence-electron chi connectivity index (χ2n) is 5.90. The van der Waals surface area contributed by atoms with E-state index >= 15 is 0 Å². The first-order valence-electron chi connectivity index (χ1n) is 8.02. The molecule has 0 bridgehead atoms. The van der Waals surface area contributed by atoms with Crippen LogP contribution in [-0.2, 0) is 6.42 Å². The van der Waals surface area contributed by atoms with Gasteiger partial charge in [-0.25, -0.2) is 9.97 Å². The summed E-state index contributed by atoms with van der Waals surface area (Å²) in [6, 6.07) is 1.11. The summed E-state index contributed by atoms with van der Waals surface area (Å²) in [5, 5.41) is 6.64. The molecule has 0 aliphatic heterocycles. The summed E-state index contributed by atoms with van der Waals surface area (Å²) in [5.74, 6) is 1.89. The van der Waals surface area contributed by atoms with E-state index in [2.05, 4.69) is 60.1 Å². The molecule has 1 aromatic heterocycles. The molecule has 5 heteroatoms. The summed E-state index contributed by atoms with van der Waals surface area (Å²) >= 11 is 0. The van der Waals surface area contributed by atoms with Crippen LogP contribution in [0.2, 0.25) is 0 Å². The van der Waals surface area contributed by atoms with Crippen molar-refractivity contribution in [3.63, 3.8) is 0 Å². The van der Waals surface area contributed by atoms with Crippen molar-refractivity contribution in [1.29, 1.82) is 0 Å². The van der Waals surface area contributed by atoms with Gasteiger partial charge in [-0.1, -0.05) is 13.3 Å². The van der Waals surface area contributed by atoms with Crippen LogP contribution < -0.4 is 10.6 Å². The van der Waals surface area contributed by atoms with Gasteiger partial charge in [0.05, 0.1) is 0 Å². The number of aromatic nitrogens is 2. The summed E-state index contributed by atoms with van der Waals surface area (Å²) in [7, 11) is 1.91. The lowest BCUT2D eigenvalue weighted by Gasteiger charge is -2.30. The molecule has 0 saturated heterocycles. The van der Waals surface area contributed by atoms with E-state index in [9.17, 15) is 0 Å². The van der Waals surface area contributed by atoms with E-state index in [0.717, 1.165) is 37.6 Å². The first-order valence-corrected chi connectivity index (χ1v) is 8.02. The van der Waals surface area contributed by atoms with Gasteiger partial charge in [-0.15, -0.1) is 0 Å². The van der Waals surface area contributed by atoms with E-state index in [4.69, 9.17) is 0 Å². The average molecular weight is 293 g/mol. The standard InChI is InChI=1S/C16H31N5/c1-7-8-14-15(17-6)19-11-20-16(14)18-9-10-21(12(2)3)13(4)5/h11-13H,7-10H2,1-6H3,(H2,17,18,19,20). The van der Waals surface area contributed by atoms with E-state index in [0.29, 0.717) is 12.1 Å². The second-order valence-corrected chi connectivity index (χ2v) is 5.90. The molecule has 0 spiro atoms. The van der Waals surface area contributed by atoms with Crippen molar-refractivity contribution in [2.24, 2.45) is 0 Å². The van der Waals surface area contributed by atoms with Gasteiger partial charge in [0, 0.05) is 37.8 Å². The Morgan fingerprint density at radius 2 is 1.71 bits per heavy atom. The summed E-state index contributed by atoms with van der Waals surface area (Å²) < 4.78 is 0. The van der Waals surface area contributed by atoms with E-state index < -0.39 is 0 Å². The van der Waals surface area contributed by atoms with Gasteiger partial charge in [0.1, 0.15) is 18.0 Å². The van der Waals surface area contributed by atoms with Gasteiger partial charge in [0.15, 0.2) is 0 Å². The lowest BCUT2D eigenvalue weighted by molar-refractivity contribution is 0.182. The fourth-order valence-electron chi connectivity index (χ4n) is 2.68. The summed E-state index contributed by atoms with van der Waals surface area (Å²) in [4.78, 5) is 11.2. The monoisotopic (exact) mass is 293 g/mol. The molecule has 0 amide bonds. The second kappa shape index (κ2) is 8.82. The van der Waals surface area contributed by atoms with Crippen molar-refractivity contribution in [2.75, 3.05) is 30.8 Å². The van der Waals surface area contributed by atoms with Crippen molar-refractivity contribution >= 4 is 11.6 Å². The Kier molecular flexibility index (Phi) is 7.43. The number of rotatable bonds is 9. The molecule has 0 radical (unpaired) electrons. The Balaban J connectivity index is 2.70. The third-order valence-corrected chi connectivity index (χ3v) is 3.67. The van der Waals surface area contributed by atoms with Crippen molar-refractivity contribution in [2.45, 2.75) is 59.5 Å². The SMILES string of the molecule is CCCc1c(NC)ncnc1NCCN(C(C)C)C(C)C. The van der Waals surface area contributed by atoms with Crippen molar-refractivity contribution in [3.8, 4) is 0 Å². The number of nitrogens with zero attached hydrogens (tertiary/aromatic N) is 3. The van der Waals surface area contributed by atoms with Crippen LogP contribution in [0.3, 0.4) is 0 Å². The highest BCUT2D eigenvalue weighted by Gasteiger charge is 2.14. The number of nitrogens with one attached hydrogen (secondary N) is 2. The molecule has 21 heavy (non-hydrogen) atoms. The molecule has 0 aromatic carbocycles. The van der Waals surface area contributed by atoms with Crippen LogP contribution in [0.1, 0.15) is 46.6 Å². The predicted molar refractivity (Wildman–Crippen MR) is 91.0 cm³/mol. The Labute approximate surface area is 129 Å². The van der Waals surface area contributed by atoms with Crippen molar-refractivity contribution < 1.29 is 0 Å². The smallest absolute Gasteiger partial charge is 0.134 e. The predicted octanol–water partition coefficient (Wildman–Crippen LogP) is 3.00. The average Bonchev–Trinajstić information content (AvgIpc) is 2.44. The number of hydrogen-bond acceptors (Lipinski definition) is 5. The number of hydrogen-bond donors (Lipinski definition) is 2. The fourth-order valence-corrected chi connectivity index (χ4v) is 2.68. The molecule has 0 unspecified atom stereocenters. The van der Waals surface area contributed by atoms with Crippen LogP contribution in [0.15, 0.2) is 6.33 Å². The van der Waals surface area contributed by atoms with Crippen molar-refractivity contribution in [1.82, 2.24) is 14.9 Å². The Morgan fingerprint density at radius 1 is 1.10 bits per heavy atom.